The Labute approximate surface area is 123 Å². The van der Waals surface area contributed by atoms with Crippen molar-refractivity contribution in [3.05, 3.63) is 27.8 Å². The van der Waals surface area contributed by atoms with Crippen LogP contribution in [-0.4, -0.2) is 20.7 Å². The highest BCUT2D eigenvalue weighted by Crippen LogP contribution is 2.17. The molecule has 0 atom stereocenters. The van der Waals surface area contributed by atoms with Crippen molar-refractivity contribution in [2.24, 2.45) is 0 Å². The summed E-state index contributed by atoms with van der Waals surface area (Å²) in [7, 11) is 0. The van der Waals surface area contributed by atoms with E-state index in [-0.39, 0.29) is 5.91 Å². The van der Waals surface area contributed by atoms with Gasteiger partial charge in [0.05, 0.1) is 17.4 Å². The second-order valence-corrected chi connectivity index (χ2v) is 5.75. The Morgan fingerprint density at radius 3 is 2.90 bits per heavy atom. The first-order valence-electron chi connectivity index (χ1n) is 6.83. The average molecular weight is 292 g/mol. The van der Waals surface area contributed by atoms with Crippen LogP contribution in [0.15, 0.2) is 11.7 Å². The van der Waals surface area contributed by atoms with Gasteiger partial charge < -0.3 is 5.32 Å². The van der Waals surface area contributed by atoms with Crippen LogP contribution in [0.2, 0.25) is 0 Å². The molecule has 0 aliphatic carbocycles. The molecule has 108 valence electrons. The zero-order valence-corrected chi connectivity index (χ0v) is 13.0. The van der Waals surface area contributed by atoms with Gasteiger partial charge in [0.1, 0.15) is 5.82 Å². The molecule has 2 aromatic rings. The summed E-state index contributed by atoms with van der Waals surface area (Å²) in [6, 6.07) is 0. The summed E-state index contributed by atoms with van der Waals surface area (Å²) in [5.41, 5.74) is 3.85. The molecule has 5 nitrogen and oxygen atoms in total. The molecule has 0 saturated heterocycles. The minimum Gasteiger partial charge on any atom is -0.311 e. The van der Waals surface area contributed by atoms with E-state index >= 15 is 0 Å². The molecule has 20 heavy (non-hydrogen) atoms. The number of carbonyl (C=O) groups excluding carboxylic acids is 1. The highest BCUT2D eigenvalue weighted by Gasteiger charge is 2.11. The lowest BCUT2D eigenvalue weighted by molar-refractivity contribution is -0.116. The first-order chi connectivity index (χ1) is 9.61. The maximum atomic E-state index is 12.1. The molecule has 2 heterocycles. The normalized spacial score (nSPS) is 10.8. The minimum atomic E-state index is 0.0266. The number of aromatic nitrogens is 3. The van der Waals surface area contributed by atoms with Crippen LogP contribution in [-0.2, 0) is 17.8 Å². The first-order valence-corrected chi connectivity index (χ1v) is 7.71. The van der Waals surface area contributed by atoms with Crippen LogP contribution in [0.4, 0.5) is 5.82 Å². The number of hydrogen-bond acceptors (Lipinski definition) is 4. The monoisotopic (exact) mass is 292 g/mol. The fourth-order valence-electron chi connectivity index (χ4n) is 2.01. The van der Waals surface area contributed by atoms with Crippen LogP contribution < -0.4 is 5.32 Å². The number of nitrogens with zero attached hydrogens (tertiary/aromatic N) is 3. The van der Waals surface area contributed by atoms with Gasteiger partial charge in [0.2, 0.25) is 5.91 Å². The van der Waals surface area contributed by atoms with E-state index in [9.17, 15) is 4.79 Å². The lowest BCUT2D eigenvalue weighted by Crippen LogP contribution is -2.16. The van der Waals surface area contributed by atoms with Gasteiger partial charge in [-0.05, 0) is 26.7 Å². The molecule has 0 fully saturated rings. The van der Waals surface area contributed by atoms with Crippen LogP contribution in [0.3, 0.4) is 0 Å². The van der Waals surface area contributed by atoms with E-state index in [0.717, 1.165) is 36.5 Å². The largest absolute Gasteiger partial charge is 0.311 e. The lowest BCUT2D eigenvalue weighted by atomic mass is 10.2. The molecule has 0 aromatic carbocycles. The summed E-state index contributed by atoms with van der Waals surface area (Å²) in [5.74, 6) is 0.844. The SMILES string of the molecule is CCCn1ncc(C)c1NC(=O)CCc1scnc1C. The summed E-state index contributed by atoms with van der Waals surface area (Å²) in [5, 5.41) is 7.25. The van der Waals surface area contributed by atoms with Crippen LogP contribution in [0.25, 0.3) is 0 Å². The number of amides is 1. The van der Waals surface area contributed by atoms with E-state index in [1.807, 2.05) is 24.0 Å². The molecule has 0 spiro atoms. The van der Waals surface area contributed by atoms with E-state index in [0.29, 0.717) is 6.42 Å². The van der Waals surface area contributed by atoms with Crippen LogP contribution in [0.1, 0.15) is 35.9 Å². The van der Waals surface area contributed by atoms with E-state index in [4.69, 9.17) is 0 Å². The summed E-state index contributed by atoms with van der Waals surface area (Å²) in [4.78, 5) is 17.4. The van der Waals surface area contributed by atoms with Crippen molar-refractivity contribution < 1.29 is 4.79 Å². The van der Waals surface area contributed by atoms with Crippen molar-refractivity contribution in [3.63, 3.8) is 0 Å². The van der Waals surface area contributed by atoms with E-state index < -0.39 is 0 Å². The summed E-state index contributed by atoms with van der Waals surface area (Å²) in [6.45, 7) is 6.85. The molecule has 2 rings (SSSR count). The van der Waals surface area contributed by atoms with Crippen molar-refractivity contribution in [2.45, 2.75) is 46.6 Å². The van der Waals surface area contributed by atoms with Crippen LogP contribution in [0.5, 0.6) is 0 Å². The van der Waals surface area contributed by atoms with Gasteiger partial charge in [-0.1, -0.05) is 6.92 Å². The van der Waals surface area contributed by atoms with Gasteiger partial charge in [-0.25, -0.2) is 9.67 Å². The maximum Gasteiger partial charge on any atom is 0.225 e. The molecule has 0 unspecified atom stereocenters. The molecule has 1 amide bonds. The van der Waals surface area contributed by atoms with Gasteiger partial charge in [-0.15, -0.1) is 11.3 Å². The number of anilines is 1. The standard InChI is InChI=1S/C14H20N4OS/c1-4-7-18-14(10(2)8-16-18)17-13(19)6-5-12-11(3)15-9-20-12/h8-9H,4-7H2,1-3H3,(H,17,19). The minimum absolute atomic E-state index is 0.0266. The molecule has 0 aliphatic heterocycles. The van der Waals surface area contributed by atoms with Gasteiger partial charge in [0, 0.05) is 23.4 Å². The highest BCUT2D eigenvalue weighted by molar-refractivity contribution is 7.09. The predicted octanol–water partition coefficient (Wildman–Crippen LogP) is 2.94. The van der Waals surface area contributed by atoms with Gasteiger partial charge in [-0.2, -0.15) is 5.10 Å². The number of hydrogen-bond donors (Lipinski definition) is 1. The Kier molecular flexibility index (Phi) is 4.89. The van der Waals surface area contributed by atoms with Crippen LogP contribution >= 0.6 is 11.3 Å². The molecular formula is C14H20N4OS. The fourth-order valence-corrected chi connectivity index (χ4v) is 2.79. The fraction of sp³-hybridized carbons (Fsp3) is 0.500. The molecule has 2 aromatic heterocycles. The van der Waals surface area contributed by atoms with Gasteiger partial charge in [-0.3, -0.25) is 4.79 Å². The number of nitrogens with one attached hydrogen (secondary N) is 1. The zero-order chi connectivity index (χ0) is 14.5. The summed E-state index contributed by atoms with van der Waals surface area (Å²) in [6.07, 6.45) is 3.99. The van der Waals surface area contributed by atoms with Gasteiger partial charge in [0.15, 0.2) is 0 Å². The molecule has 1 N–H and O–H groups in total. The Balaban J connectivity index is 1.94. The van der Waals surface area contributed by atoms with E-state index in [1.54, 1.807) is 17.5 Å². The predicted molar refractivity (Wildman–Crippen MR) is 81.1 cm³/mol. The molecular weight excluding hydrogens is 272 g/mol. The Hall–Kier alpha value is -1.69. The third-order valence-electron chi connectivity index (χ3n) is 3.14. The quantitative estimate of drug-likeness (QED) is 0.890. The maximum absolute atomic E-state index is 12.1. The second-order valence-electron chi connectivity index (χ2n) is 4.81. The van der Waals surface area contributed by atoms with Crippen LogP contribution in [0, 0.1) is 13.8 Å². The summed E-state index contributed by atoms with van der Waals surface area (Å²) >= 11 is 1.61. The molecule has 6 heteroatoms. The third-order valence-corrected chi connectivity index (χ3v) is 4.13. The van der Waals surface area contributed by atoms with E-state index in [2.05, 4.69) is 22.3 Å². The average Bonchev–Trinajstić information content (AvgIpc) is 2.97. The molecule has 0 bridgehead atoms. The number of rotatable bonds is 6. The van der Waals surface area contributed by atoms with Crippen molar-refractivity contribution in [3.8, 4) is 0 Å². The van der Waals surface area contributed by atoms with Crippen molar-refractivity contribution >= 4 is 23.1 Å². The lowest BCUT2D eigenvalue weighted by Gasteiger charge is -2.09. The second kappa shape index (κ2) is 6.65. The van der Waals surface area contributed by atoms with Crippen molar-refractivity contribution in [1.29, 1.82) is 0 Å². The van der Waals surface area contributed by atoms with Gasteiger partial charge >= 0.3 is 0 Å². The highest BCUT2D eigenvalue weighted by atomic mass is 32.1. The molecule has 0 saturated carbocycles. The Bertz CT molecular complexity index is 588. The van der Waals surface area contributed by atoms with E-state index in [1.165, 1.54) is 4.88 Å². The third kappa shape index (κ3) is 3.45. The number of aryl methyl sites for hydroxylation is 4. The molecule has 0 aliphatic rings. The number of carbonyl (C=O) groups is 1. The Morgan fingerprint density at radius 2 is 2.25 bits per heavy atom. The van der Waals surface area contributed by atoms with Crippen molar-refractivity contribution in [2.75, 3.05) is 5.32 Å². The Morgan fingerprint density at radius 1 is 1.45 bits per heavy atom. The van der Waals surface area contributed by atoms with Gasteiger partial charge in [0.25, 0.3) is 0 Å². The summed E-state index contributed by atoms with van der Waals surface area (Å²) < 4.78 is 1.85. The zero-order valence-electron chi connectivity index (χ0n) is 12.1. The smallest absolute Gasteiger partial charge is 0.225 e. The first kappa shape index (κ1) is 14.7. The molecule has 0 radical (unpaired) electrons. The van der Waals surface area contributed by atoms with Crippen molar-refractivity contribution in [1.82, 2.24) is 14.8 Å². The number of thiazole rings is 1. The topological polar surface area (TPSA) is 59.8 Å².